The number of carboxylic acids is 2. The van der Waals surface area contributed by atoms with Crippen LogP contribution in [0.1, 0.15) is 5.56 Å². The average molecular weight is 450 g/mol. The van der Waals surface area contributed by atoms with Crippen LogP contribution in [-0.2, 0) is 26.2 Å². The van der Waals surface area contributed by atoms with Crippen LogP contribution in [0.25, 0.3) is 10.6 Å². The van der Waals surface area contributed by atoms with Crippen LogP contribution in [-0.4, -0.2) is 46.6 Å². The van der Waals surface area contributed by atoms with E-state index in [9.17, 15) is 18.0 Å². The molecule has 30 heavy (non-hydrogen) atoms. The number of hydrogen-bond acceptors (Lipinski definition) is 7. The van der Waals surface area contributed by atoms with Gasteiger partial charge < -0.3 is 15.5 Å². The van der Waals surface area contributed by atoms with E-state index in [1.165, 1.54) is 21.5 Å². The van der Waals surface area contributed by atoms with E-state index in [4.69, 9.17) is 10.2 Å². The highest BCUT2D eigenvalue weighted by molar-refractivity contribution is 7.90. The molecule has 11 heteroatoms. The van der Waals surface area contributed by atoms with Crippen molar-refractivity contribution < 1.29 is 28.2 Å². The van der Waals surface area contributed by atoms with Gasteiger partial charge in [0.1, 0.15) is 4.90 Å². The Balaban J connectivity index is 0.000000343. The lowest BCUT2D eigenvalue weighted by Crippen LogP contribution is -2.13. The van der Waals surface area contributed by atoms with Gasteiger partial charge in [-0.05, 0) is 42.3 Å². The van der Waals surface area contributed by atoms with Crippen LogP contribution in [0.5, 0.6) is 0 Å². The van der Waals surface area contributed by atoms with E-state index in [1.54, 1.807) is 24.5 Å². The topological polar surface area (TPSA) is 139 Å². The maximum absolute atomic E-state index is 12.9. The highest BCUT2D eigenvalue weighted by atomic mass is 32.2. The first-order valence-electron chi connectivity index (χ1n) is 8.45. The second-order valence-corrected chi connectivity index (χ2v) is 8.50. The van der Waals surface area contributed by atoms with Gasteiger partial charge in [0.2, 0.25) is 0 Å². The minimum Gasteiger partial charge on any atom is -0.478 e. The molecule has 0 unspecified atom stereocenters. The number of nitrogens with zero attached hydrogens (tertiary/aromatic N) is 2. The summed E-state index contributed by atoms with van der Waals surface area (Å²) in [6, 6.07) is 8.90. The molecule has 0 aromatic carbocycles. The summed E-state index contributed by atoms with van der Waals surface area (Å²) < 4.78 is 27.1. The molecule has 0 aliphatic rings. The zero-order valence-electron chi connectivity index (χ0n) is 15.8. The van der Waals surface area contributed by atoms with Crippen molar-refractivity contribution >= 4 is 33.3 Å². The summed E-state index contributed by atoms with van der Waals surface area (Å²) in [5, 5.41) is 20.6. The summed E-state index contributed by atoms with van der Waals surface area (Å²) >= 11 is 1.51. The third kappa shape index (κ3) is 6.11. The molecule has 0 radical (unpaired) electrons. The van der Waals surface area contributed by atoms with Gasteiger partial charge in [-0.15, -0.1) is 11.3 Å². The Labute approximate surface area is 177 Å². The number of thiophene rings is 1. The van der Waals surface area contributed by atoms with E-state index in [1.807, 2.05) is 30.6 Å². The van der Waals surface area contributed by atoms with Gasteiger partial charge in [0.15, 0.2) is 0 Å². The number of pyridine rings is 1. The highest BCUT2D eigenvalue weighted by Gasteiger charge is 2.22. The molecule has 0 spiro atoms. The molecule has 0 bridgehead atoms. The molecule has 3 aromatic rings. The van der Waals surface area contributed by atoms with Gasteiger partial charge >= 0.3 is 11.9 Å². The normalized spacial score (nSPS) is 11.1. The van der Waals surface area contributed by atoms with Crippen LogP contribution in [0, 0.1) is 0 Å². The van der Waals surface area contributed by atoms with Crippen molar-refractivity contribution in [3.63, 3.8) is 0 Å². The molecule has 0 aliphatic heterocycles. The Bertz CT molecular complexity index is 1100. The third-order valence-corrected chi connectivity index (χ3v) is 6.11. The van der Waals surface area contributed by atoms with E-state index >= 15 is 0 Å². The van der Waals surface area contributed by atoms with Crippen LogP contribution < -0.4 is 5.32 Å². The van der Waals surface area contributed by atoms with Crippen molar-refractivity contribution in [1.29, 1.82) is 0 Å². The Morgan fingerprint density at radius 1 is 1.20 bits per heavy atom. The monoisotopic (exact) mass is 449 g/mol. The molecule has 0 saturated carbocycles. The smallest absolute Gasteiger partial charge is 0.328 e. The standard InChI is InChI=1S/C15H15N3O2S2.C4H4O4/c1-16-9-12-8-14(15-5-3-7-21-15)18(11-12)22(19,20)13-4-2-6-17-10-13;5-3(6)1-2-4(7)8/h2-8,10-11,16H,9H2,1H3;1-2H,(H,5,6)(H,7,8)/b;2-1+. The SMILES string of the molecule is CNCc1cc(-c2cccs2)n(S(=O)(=O)c2cccnc2)c1.O=C(O)/C=C/C(=O)O. The minimum atomic E-state index is -3.66. The number of carboxylic acid groups (broad SMARTS) is 2. The number of nitrogens with one attached hydrogen (secondary N) is 1. The van der Waals surface area contributed by atoms with E-state index in [0.29, 0.717) is 24.4 Å². The second kappa shape index (κ2) is 10.5. The van der Waals surface area contributed by atoms with E-state index in [2.05, 4.69) is 10.3 Å². The van der Waals surface area contributed by atoms with Crippen LogP contribution in [0.3, 0.4) is 0 Å². The maximum atomic E-state index is 12.9. The number of carbonyl (C=O) groups is 2. The van der Waals surface area contributed by atoms with Gasteiger partial charge in [0, 0.05) is 37.3 Å². The number of rotatable bonds is 7. The number of aliphatic carboxylic acids is 2. The highest BCUT2D eigenvalue weighted by Crippen LogP contribution is 2.30. The molecular formula is C19H19N3O6S2. The average Bonchev–Trinajstić information content (AvgIpc) is 3.38. The molecule has 3 rings (SSSR count). The summed E-state index contributed by atoms with van der Waals surface area (Å²) in [5.41, 5.74) is 1.59. The lowest BCUT2D eigenvalue weighted by atomic mass is 10.3. The van der Waals surface area contributed by atoms with Crippen LogP contribution >= 0.6 is 11.3 Å². The molecule has 158 valence electrons. The fourth-order valence-corrected chi connectivity index (χ4v) is 4.51. The fourth-order valence-electron chi connectivity index (χ4n) is 2.36. The van der Waals surface area contributed by atoms with Gasteiger partial charge in [-0.2, -0.15) is 0 Å². The van der Waals surface area contributed by atoms with Crippen LogP contribution in [0.2, 0.25) is 0 Å². The Kier molecular flexibility index (Phi) is 8.04. The molecule has 9 nitrogen and oxygen atoms in total. The first kappa shape index (κ1) is 23.0. The first-order chi connectivity index (χ1) is 14.3. The van der Waals surface area contributed by atoms with Gasteiger partial charge in [-0.1, -0.05) is 6.07 Å². The summed E-state index contributed by atoms with van der Waals surface area (Å²) in [6.07, 6.45) is 5.70. The van der Waals surface area contributed by atoms with Gasteiger partial charge in [0.05, 0.1) is 10.6 Å². The van der Waals surface area contributed by atoms with Crippen molar-refractivity contribution in [2.45, 2.75) is 11.4 Å². The predicted molar refractivity (Wildman–Crippen MR) is 112 cm³/mol. The van der Waals surface area contributed by atoms with Crippen molar-refractivity contribution in [1.82, 2.24) is 14.3 Å². The molecule has 0 amide bonds. The van der Waals surface area contributed by atoms with Gasteiger partial charge in [0.25, 0.3) is 10.0 Å². The number of hydrogen-bond donors (Lipinski definition) is 3. The quantitative estimate of drug-likeness (QED) is 0.467. The summed E-state index contributed by atoms with van der Waals surface area (Å²) in [5.74, 6) is -2.51. The fraction of sp³-hybridized carbons (Fsp3) is 0.105. The third-order valence-electron chi connectivity index (χ3n) is 3.56. The molecule has 0 fully saturated rings. The van der Waals surface area contributed by atoms with Crippen LogP contribution in [0.15, 0.2) is 71.3 Å². The molecule has 3 N–H and O–H groups in total. The molecule has 0 aliphatic carbocycles. The lowest BCUT2D eigenvalue weighted by Gasteiger charge is -2.09. The molecule has 0 atom stereocenters. The summed E-state index contributed by atoms with van der Waals surface area (Å²) in [4.78, 5) is 24.1. The molecule has 0 saturated heterocycles. The van der Waals surface area contributed by atoms with Crippen molar-refractivity contribution in [3.8, 4) is 10.6 Å². The first-order valence-corrected chi connectivity index (χ1v) is 10.8. The van der Waals surface area contributed by atoms with E-state index in [-0.39, 0.29) is 4.90 Å². The Hall–Kier alpha value is -3.28. The Morgan fingerprint density at radius 3 is 2.40 bits per heavy atom. The Morgan fingerprint density at radius 2 is 1.90 bits per heavy atom. The molecule has 3 heterocycles. The van der Waals surface area contributed by atoms with Gasteiger partial charge in [-0.25, -0.2) is 22.0 Å². The summed E-state index contributed by atoms with van der Waals surface area (Å²) in [7, 11) is -1.83. The van der Waals surface area contributed by atoms with Crippen molar-refractivity contribution in [3.05, 3.63) is 72.0 Å². The zero-order chi connectivity index (χ0) is 22.1. The predicted octanol–water partition coefficient (Wildman–Crippen LogP) is 2.28. The van der Waals surface area contributed by atoms with Crippen molar-refractivity contribution in [2.24, 2.45) is 0 Å². The lowest BCUT2D eigenvalue weighted by molar-refractivity contribution is -0.134. The van der Waals surface area contributed by atoms with Crippen molar-refractivity contribution in [2.75, 3.05) is 7.05 Å². The molecule has 3 aromatic heterocycles. The van der Waals surface area contributed by atoms with E-state index < -0.39 is 22.0 Å². The zero-order valence-corrected chi connectivity index (χ0v) is 17.4. The largest absolute Gasteiger partial charge is 0.478 e. The molecular weight excluding hydrogens is 430 g/mol. The van der Waals surface area contributed by atoms with Gasteiger partial charge in [-0.3, -0.25) is 4.98 Å². The minimum absolute atomic E-state index is 0.180. The second-order valence-electron chi connectivity index (χ2n) is 5.74. The number of aromatic nitrogens is 2. The van der Waals surface area contributed by atoms with Crippen LogP contribution in [0.4, 0.5) is 0 Å². The maximum Gasteiger partial charge on any atom is 0.328 e. The summed E-state index contributed by atoms with van der Waals surface area (Å²) in [6.45, 7) is 0.605. The van der Waals surface area contributed by atoms with E-state index in [0.717, 1.165) is 10.4 Å².